The van der Waals surface area contributed by atoms with Crippen LogP contribution in [0.2, 0.25) is 0 Å². The molecule has 112 valence electrons. The standard InChI is InChI=1S/C12H21N5O3/c13-4-2-1-3-9(14)11(18)17-6-8(16-7-17)5-10(15)12(19)20/h6-7,9-10H,1-5,13-15H2,(H,19,20)/t9-,10-/m0/s1. The van der Waals surface area contributed by atoms with Crippen molar-refractivity contribution in [3.8, 4) is 0 Å². The van der Waals surface area contributed by atoms with Crippen LogP contribution in [0, 0.1) is 0 Å². The monoisotopic (exact) mass is 283 g/mol. The van der Waals surface area contributed by atoms with Crippen LogP contribution < -0.4 is 17.2 Å². The number of hydrogen-bond donors (Lipinski definition) is 4. The van der Waals surface area contributed by atoms with Crippen LogP contribution in [-0.2, 0) is 11.2 Å². The average Bonchev–Trinajstić information content (AvgIpc) is 2.86. The minimum absolute atomic E-state index is 0.0675. The Kier molecular flexibility index (Phi) is 6.29. The van der Waals surface area contributed by atoms with Gasteiger partial charge in [-0.15, -0.1) is 0 Å². The molecule has 8 nitrogen and oxygen atoms in total. The molecule has 0 bridgehead atoms. The van der Waals surface area contributed by atoms with Crippen molar-refractivity contribution < 1.29 is 14.7 Å². The Labute approximate surface area is 116 Å². The maximum Gasteiger partial charge on any atom is 0.320 e. The molecular weight excluding hydrogens is 262 g/mol. The highest BCUT2D eigenvalue weighted by Gasteiger charge is 2.18. The van der Waals surface area contributed by atoms with Crippen LogP contribution in [0.1, 0.15) is 29.8 Å². The van der Waals surface area contributed by atoms with Gasteiger partial charge in [-0.25, -0.2) is 4.98 Å². The van der Waals surface area contributed by atoms with Crippen molar-refractivity contribution in [3.63, 3.8) is 0 Å². The molecule has 7 N–H and O–H groups in total. The smallest absolute Gasteiger partial charge is 0.320 e. The van der Waals surface area contributed by atoms with Gasteiger partial charge < -0.3 is 22.3 Å². The fourth-order valence-electron chi connectivity index (χ4n) is 1.73. The van der Waals surface area contributed by atoms with Crippen LogP contribution in [-0.4, -0.2) is 45.2 Å². The molecule has 0 aliphatic carbocycles. The Morgan fingerprint density at radius 2 is 2.00 bits per heavy atom. The lowest BCUT2D eigenvalue weighted by molar-refractivity contribution is -0.138. The summed E-state index contributed by atoms with van der Waals surface area (Å²) in [4.78, 5) is 26.6. The van der Waals surface area contributed by atoms with Crippen LogP contribution in [0.25, 0.3) is 0 Å². The summed E-state index contributed by atoms with van der Waals surface area (Å²) in [6.07, 6.45) is 5.03. The first-order valence-corrected chi connectivity index (χ1v) is 6.46. The van der Waals surface area contributed by atoms with E-state index in [-0.39, 0.29) is 12.3 Å². The summed E-state index contributed by atoms with van der Waals surface area (Å²) < 4.78 is 1.27. The van der Waals surface area contributed by atoms with Gasteiger partial charge in [0.15, 0.2) is 0 Å². The van der Waals surface area contributed by atoms with E-state index in [4.69, 9.17) is 22.3 Å². The Morgan fingerprint density at radius 3 is 2.60 bits per heavy atom. The highest BCUT2D eigenvalue weighted by atomic mass is 16.4. The van der Waals surface area contributed by atoms with Crippen LogP contribution in [0.5, 0.6) is 0 Å². The maximum absolute atomic E-state index is 12.0. The summed E-state index contributed by atoms with van der Waals surface area (Å²) in [6, 6.07) is -1.65. The number of nitrogens with zero attached hydrogens (tertiary/aromatic N) is 2. The predicted molar refractivity (Wildman–Crippen MR) is 73.0 cm³/mol. The number of aliphatic carboxylic acids is 1. The zero-order valence-corrected chi connectivity index (χ0v) is 11.2. The summed E-state index contributed by atoms with van der Waals surface area (Å²) in [5.74, 6) is -1.38. The molecule has 0 aliphatic heterocycles. The van der Waals surface area contributed by atoms with E-state index in [1.807, 2.05) is 0 Å². The van der Waals surface area contributed by atoms with Gasteiger partial charge in [-0.2, -0.15) is 0 Å². The molecule has 0 unspecified atom stereocenters. The van der Waals surface area contributed by atoms with Gasteiger partial charge in [0.2, 0.25) is 5.91 Å². The van der Waals surface area contributed by atoms with E-state index in [0.29, 0.717) is 18.7 Å². The number of carbonyl (C=O) groups is 2. The number of imidazole rings is 1. The second-order valence-electron chi connectivity index (χ2n) is 4.65. The van der Waals surface area contributed by atoms with Crippen molar-refractivity contribution >= 4 is 11.9 Å². The van der Waals surface area contributed by atoms with Gasteiger partial charge in [0.1, 0.15) is 12.4 Å². The van der Waals surface area contributed by atoms with Gasteiger partial charge >= 0.3 is 5.97 Å². The van der Waals surface area contributed by atoms with Gasteiger partial charge in [0.05, 0.1) is 11.7 Å². The molecule has 0 saturated carbocycles. The van der Waals surface area contributed by atoms with Crippen LogP contribution in [0.15, 0.2) is 12.5 Å². The Hall–Kier alpha value is -1.77. The van der Waals surface area contributed by atoms with Crippen molar-refractivity contribution in [3.05, 3.63) is 18.2 Å². The van der Waals surface area contributed by atoms with Gasteiger partial charge in [-0.05, 0) is 19.4 Å². The summed E-state index contributed by atoms with van der Waals surface area (Å²) in [7, 11) is 0. The van der Waals surface area contributed by atoms with E-state index in [1.165, 1.54) is 17.1 Å². The molecule has 0 aromatic carbocycles. The molecule has 0 spiro atoms. The second kappa shape index (κ2) is 7.73. The fraction of sp³-hybridized carbons (Fsp3) is 0.583. The number of carboxylic acid groups (broad SMARTS) is 1. The molecule has 20 heavy (non-hydrogen) atoms. The van der Waals surface area contributed by atoms with Crippen LogP contribution in [0.4, 0.5) is 0 Å². The zero-order valence-electron chi connectivity index (χ0n) is 11.2. The third-order valence-corrected chi connectivity index (χ3v) is 2.92. The Balaban J connectivity index is 2.57. The number of rotatable bonds is 8. The molecule has 0 aliphatic rings. The summed E-state index contributed by atoms with van der Waals surface area (Å²) in [5, 5.41) is 8.71. The Morgan fingerprint density at radius 1 is 1.30 bits per heavy atom. The van der Waals surface area contributed by atoms with Gasteiger partial charge in [0.25, 0.3) is 0 Å². The predicted octanol–water partition coefficient (Wildman–Crippen LogP) is -1.07. The lowest BCUT2D eigenvalue weighted by Gasteiger charge is -2.10. The fourth-order valence-corrected chi connectivity index (χ4v) is 1.73. The molecule has 2 atom stereocenters. The molecule has 0 saturated heterocycles. The first-order chi connectivity index (χ1) is 9.45. The molecular formula is C12H21N5O3. The van der Waals surface area contributed by atoms with E-state index < -0.39 is 18.1 Å². The van der Waals surface area contributed by atoms with Gasteiger partial charge in [-0.3, -0.25) is 14.2 Å². The molecule has 1 aromatic heterocycles. The minimum atomic E-state index is -1.11. The number of carboxylic acids is 1. The number of unbranched alkanes of at least 4 members (excludes halogenated alkanes) is 1. The highest BCUT2D eigenvalue weighted by Crippen LogP contribution is 2.04. The number of carbonyl (C=O) groups excluding carboxylic acids is 1. The van der Waals surface area contributed by atoms with E-state index in [0.717, 1.165) is 12.8 Å². The van der Waals surface area contributed by atoms with E-state index >= 15 is 0 Å². The summed E-state index contributed by atoms with van der Waals surface area (Å²) in [5.41, 5.74) is 17.0. The van der Waals surface area contributed by atoms with Crippen molar-refractivity contribution in [2.45, 2.75) is 37.8 Å². The SMILES string of the molecule is NCCCC[C@H](N)C(=O)n1cnc(C[C@H](N)C(=O)O)c1. The summed E-state index contributed by atoms with van der Waals surface area (Å²) >= 11 is 0. The zero-order chi connectivity index (χ0) is 15.1. The molecule has 1 heterocycles. The molecule has 8 heteroatoms. The average molecular weight is 283 g/mol. The molecule has 0 amide bonds. The van der Waals surface area contributed by atoms with Crippen LogP contribution >= 0.6 is 0 Å². The van der Waals surface area contributed by atoms with Gasteiger partial charge in [-0.1, -0.05) is 6.42 Å². The van der Waals surface area contributed by atoms with Crippen LogP contribution in [0.3, 0.4) is 0 Å². The molecule has 0 radical (unpaired) electrons. The molecule has 0 fully saturated rings. The third-order valence-electron chi connectivity index (χ3n) is 2.92. The summed E-state index contributed by atoms with van der Waals surface area (Å²) in [6.45, 7) is 0.573. The normalized spacial score (nSPS) is 13.9. The van der Waals surface area contributed by atoms with Crippen molar-refractivity contribution in [1.82, 2.24) is 9.55 Å². The number of nitrogens with two attached hydrogens (primary N) is 3. The van der Waals surface area contributed by atoms with Gasteiger partial charge in [0, 0.05) is 12.6 Å². The number of hydrogen-bond acceptors (Lipinski definition) is 6. The van der Waals surface area contributed by atoms with Crippen molar-refractivity contribution in [2.75, 3.05) is 6.54 Å². The number of aromatic nitrogens is 2. The first kappa shape index (κ1) is 16.3. The minimum Gasteiger partial charge on any atom is -0.480 e. The highest BCUT2D eigenvalue weighted by molar-refractivity contribution is 5.84. The first-order valence-electron chi connectivity index (χ1n) is 6.46. The topological polar surface area (TPSA) is 150 Å². The van der Waals surface area contributed by atoms with E-state index in [9.17, 15) is 9.59 Å². The largest absolute Gasteiger partial charge is 0.480 e. The maximum atomic E-state index is 12.0. The van der Waals surface area contributed by atoms with Crippen molar-refractivity contribution in [1.29, 1.82) is 0 Å². The van der Waals surface area contributed by atoms with E-state index in [2.05, 4.69) is 4.98 Å². The Bertz CT molecular complexity index is 460. The second-order valence-corrected chi connectivity index (χ2v) is 4.65. The molecule has 1 aromatic rings. The molecule has 1 rings (SSSR count). The third kappa shape index (κ3) is 4.72. The quantitative estimate of drug-likeness (QED) is 0.444. The lowest BCUT2D eigenvalue weighted by atomic mass is 10.1. The van der Waals surface area contributed by atoms with E-state index in [1.54, 1.807) is 0 Å². The van der Waals surface area contributed by atoms with Crippen molar-refractivity contribution in [2.24, 2.45) is 17.2 Å². The lowest BCUT2D eigenvalue weighted by Crippen LogP contribution is -2.34.